The molecule has 0 aliphatic rings. The molecule has 14 nitrogen and oxygen atoms in total. The highest BCUT2D eigenvalue weighted by Crippen LogP contribution is 2.43. The zero-order valence-corrected chi connectivity index (χ0v) is 26.1. The normalized spacial score (nSPS) is 12.5. The van der Waals surface area contributed by atoms with E-state index in [0.717, 1.165) is 17.2 Å². The van der Waals surface area contributed by atoms with Gasteiger partial charge in [-0.3, -0.25) is 9.11 Å². The molecule has 0 unspecified atom stereocenters. The first-order valence-corrected chi connectivity index (χ1v) is 16.7. The summed E-state index contributed by atoms with van der Waals surface area (Å²) in [5.74, 6) is -1.01. The molecule has 48 heavy (non-hydrogen) atoms. The number of phenols is 2. The van der Waals surface area contributed by atoms with Crippen molar-refractivity contribution in [2.45, 2.75) is 9.79 Å². The molecule has 16 heteroatoms. The van der Waals surface area contributed by atoms with Crippen LogP contribution in [0.1, 0.15) is 0 Å². The summed E-state index contributed by atoms with van der Waals surface area (Å²) in [5, 5.41) is 38.6. The van der Waals surface area contributed by atoms with Gasteiger partial charge in [-0.05, 0) is 88.6 Å². The Hall–Kier alpha value is -5.94. The van der Waals surface area contributed by atoms with E-state index in [1.165, 1.54) is 42.5 Å². The van der Waals surface area contributed by atoms with E-state index >= 15 is 0 Å². The number of benzene rings is 6. The molecule has 6 aromatic carbocycles. The van der Waals surface area contributed by atoms with Crippen molar-refractivity contribution in [2.75, 3.05) is 11.5 Å². The first-order valence-electron chi connectivity index (χ1n) is 13.8. The lowest BCUT2D eigenvalue weighted by atomic mass is 10.1. The molecule has 8 N–H and O–H groups in total. The van der Waals surface area contributed by atoms with Crippen LogP contribution in [0, 0.1) is 0 Å². The topological polar surface area (TPSA) is 251 Å². The third-order valence-corrected chi connectivity index (χ3v) is 9.04. The van der Waals surface area contributed by atoms with Crippen molar-refractivity contribution in [1.82, 2.24) is 0 Å². The van der Waals surface area contributed by atoms with Gasteiger partial charge in [0.1, 0.15) is 21.2 Å². The van der Waals surface area contributed by atoms with E-state index in [4.69, 9.17) is 11.5 Å². The summed E-state index contributed by atoms with van der Waals surface area (Å²) in [7, 11) is -9.54. The first-order chi connectivity index (χ1) is 22.7. The predicted molar refractivity (Wildman–Crippen MR) is 180 cm³/mol. The summed E-state index contributed by atoms with van der Waals surface area (Å²) in [5.41, 5.74) is 13.5. The molecule has 0 heterocycles. The van der Waals surface area contributed by atoms with Crippen LogP contribution in [-0.4, -0.2) is 36.2 Å². The number of phenolic OH excluding ortho intramolecular Hbond substituents is 2. The van der Waals surface area contributed by atoms with Crippen LogP contribution in [0.15, 0.2) is 127 Å². The number of nitrogens with zero attached hydrogens (tertiary/aromatic N) is 4. The Morgan fingerprint density at radius 3 is 1.42 bits per heavy atom. The van der Waals surface area contributed by atoms with Crippen LogP contribution in [0.3, 0.4) is 0 Å². The fourth-order valence-corrected chi connectivity index (χ4v) is 6.29. The lowest BCUT2D eigenvalue weighted by Crippen LogP contribution is -1.99. The molecular formula is C32H24N6O8S2. The lowest BCUT2D eigenvalue weighted by Gasteiger charge is -2.09. The molecule has 0 radical (unpaired) electrons. The molecule has 242 valence electrons. The van der Waals surface area contributed by atoms with E-state index in [9.17, 15) is 36.2 Å². The van der Waals surface area contributed by atoms with Gasteiger partial charge in [-0.1, -0.05) is 30.3 Å². The van der Waals surface area contributed by atoms with Crippen LogP contribution < -0.4 is 11.5 Å². The number of hydrogen-bond acceptors (Lipinski definition) is 12. The van der Waals surface area contributed by atoms with Crippen molar-refractivity contribution >= 4 is 75.9 Å². The highest BCUT2D eigenvalue weighted by Gasteiger charge is 2.23. The van der Waals surface area contributed by atoms with Crippen molar-refractivity contribution < 1.29 is 36.2 Å². The summed E-state index contributed by atoms with van der Waals surface area (Å²) in [4.78, 5) is -1.25. The fourth-order valence-electron chi connectivity index (χ4n) is 4.97. The van der Waals surface area contributed by atoms with Gasteiger partial charge in [0.2, 0.25) is 0 Å². The Bertz CT molecular complexity index is 2540. The van der Waals surface area contributed by atoms with Crippen LogP contribution in [0.2, 0.25) is 0 Å². The zero-order valence-electron chi connectivity index (χ0n) is 24.4. The lowest BCUT2D eigenvalue weighted by molar-refractivity contribution is 0.472. The second-order valence-corrected chi connectivity index (χ2v) is 13.3. The highest BCUT2D eigenvalue weighted by molar-refractivity contribution is 7.86. The van der Waals surface area contributed by atoms with Crippen LogP contribution in [0.5, 0.6) is 11.5 Å². The monoisotopic (exact) mass is 684 g/mol. The standard InChI is InChI=1S/C32H24N6O8S2/c33-21-7-12-25-20(13-21)15-28(48(44,45)46)29(31(25)39)37-35-23-8-2-17(3-9-23)18-4-10-24(11-5-18)36-38-30-27(47(41,42)43)14-19-1-6-22(34)16-26(19)32(30)40/h1-16,39-40H,33-34H2,(H,41,42,43)(H,44,45,46)/b37-35+,38-36+. The Labute approximate surface area is 272 Å². The largest absolute Gasteiger partial charge is 0.505 e. The maximum absolute atomic E-state index is 12.1. The number of aromatic hydroxyl groups is 2. The average molecular weight is 685 g/mol. The van der Waals surface area contributed by atoms with Crippen LogP contribution in [-0.2, 0) is 20.2 Å². The summed E-state index contributed by atoms with van der Waals surface area (Å²) < 4.78 is 67.7. The van der Waals surface area contributed by atoms with Gasteiger partial charge in [-0.2, -0.15) is 27.1 Å². The molecule has 0 spiro atoms. The minimum Gasteiger partial charge on any atom is -0.505 e. The van der Waals surface area contributed by atoms with Crippen LogP contribution >= 0.6 is 0 Å². The Morgan fingerprint density at radius 2 is 0.917 bits per heavy atom. The fraction of sp³-hybridized carbons (Fsp3) is 0. The average Bonchev–Trinajstić information content (AvgIpc) is 3.03. The van der Waals surface area contributed by atoms with Gasteiger partial charge in [-0.15, -0.1) is 10.2 Å². The molecule has 0 amide bonds. The number of nitrogens with two attached hydrogens (primary N) is 2. The van der Waals surface area contributed by atoms with Crippen molar-refractivity contribution in [3.05, 3.63) is 97.1 Å². The third kappa shape index (κ3) is 6.36. The molecule has 0 atom stereocenters. The molecule has 6 rings (SSSR count). The van der Waals surface area contributed by atoms with Crippen molar-refractivity contribution in [3.8, 4) is 22.6 Å². The number of rotatable bonds is 7. The molecule has 0 aliphatic carbocycles. The molecule has 0 bridgehead atoms. The summed E-state index contributed by atoms with van der Waals surface area (Å²) >= 11 is 0. The van der Waals surface area contributed by atoms with Crippen molar-refractivity contribution in [2.24, 2.45) is 20.5 Å². The number of azo groups is 2. The quantitative estimate of drug-likeness (QED) is 0.0546. The van der Waals surface area contributed by atoms with Crippen LogP contribution in [0.25, 0.3) is 32.7 Å². The van der Waals surface area contributed by atoms with Crippen molar-refractivity contribution in [3.63, 3.8) is 0 Å². The van der Waals surface area contributed by atoms with E-state index in [2.05, 4.69) is 20.5 Å². The maximum atomic E-state index is 12.1. The SMILES string of the molecule is Nc1ccc2c(O)c(/N=N/c3ccc(-c4ccc(/N=N/c5c(S(=O)(=O)O)cc6ccc(N)cc6c5O)cc4)cc3)c(S(=O)(=O)O)cc2c1. The van der Waals surface area contributed by atoms with E-state index in [1.807, 2.05) is 0 Å². The molecule has 0 fully saturated rings. The number of anilines is 2. The van der Waals surface area contributed by atoms with Gasteiger partial charge in [0.05, 0.1) is 11.4 Å². The Kier molecular flexibility index (Phi) is 8.01. The second-order valence-electron chi connectivity index (χ2n) is 10.5. The Morgan fingerprint density at radius 1 is 0.479 bits per heavy atom. The highest BCUT2D eigenvalue weighted by atomic mass is 32.2. The molecule has 0 aliphatic heterocycles. The summed E-state index contributed by atoms with van der Waals surface area (Å²) in [6, 6.07) is 24.5. The smallest absolute Gasteiger partial charge is 0.296 e. The zero-order chi connectivity index (χ0) is 34.4. The number of fused-ring (bicyclic) bond motifs is 2. The number of nitrogen functional groups attached to an aromatic ring is 2. The molecule has 0 aromatic heterocycles. The third-order valence-electron chi connectivity index (χ3n) is 7.31. The second kappa shape index (κ2) is 12.0. The van der Waals surface area contributed by atoms with E-state index in [0.29, 0.717) is 28.1 Å². The van der Waals surface area contributed by atoms with E-state index in [-0.39, 0.29) is 16.2 Å². The van der Waals surface area contributed by atoms with Gasteiger partial charge in [0.15, 0.2) is 11.5 Å². The first kappa shape index (κ1) is 32.0. The van der Waals surface area contributed by atoms with Crippen molar-refractivity contribution in [1.29, 1.82) is 0 Å². The van der Waals surface area contributed by atoms with E-state index in [1.54, 1.807) is 48.5 Å². The van der Waals surface area contributed by atoms with E-state index < -0.39 is 52.9 Å². The summed E-state index contributed by atoms with van der Waals surface area (Å²) in [6.45, 7) is 0. The maximum Gasteiger partial charge on any atom is 0.296 e. The predicted octanol–water partition coefficient (Wildman–Crippen LogP) is 7.56. The summed E-state index contributed by atoms with van der Waals surface area (Å²) in [6.07, 6.45) is 0. The minimum atomic E-state index is -4.78. The molecule has 0 saturated carbocycles. The molecular weight excluding hydrogens is 661 g/mol. The van der Waals surface area contributed by atoms with Gasteiger partial charge in [-0.25, -0.2) is 0 Å². The molecule has 0 saturated heterocycles. The molecule has 6 aromatic rings. The van der Waals surface area contributed by atoms with Gasteiger partial charge in [0.25, 0.3) is 20.2 Å². The Balaban J connectivity index is 1.25. The van der Waals surface area contributed by atoms with Crippen LogP contribution in [0.4, 0.5) is 34.1 Å². The van der Waals surface area contributed by atoms with Gasteiger partial charge < -0.3 is 21.7 Å². The minimum absolute atomic E-state index is 0.230. The number of hydrogen-bond donors (Lipinski definition) is 6. The van der Waals surface area contributed by atoms with Gasteiger partial charge in [0, 0.05) is 22.1 Å². The van der Waals surface area contributed by atoms with Gasteiger partial charge >= 0.3 is 0 Å².